The van der Waals surface area contributed by atoms with Gasteiger partial charge in [-0.15, -0.1) is 0 Å². The number of benzene rings is 1. The van der Waals surface area contributed by atoms with E-state index in [1.165, 1.54) is 18.6 Å². The van der Waals surface area contributed by atoms with Gasteiger partial charge >= 0.3 is 0 Å². The Balaban J connectivity index is 2.21. The normalized spacial score (nSPS) is 19.8. The number of hydrogen-bond acceptors (Lipinski definition) is 3. The standard InChI is InChI=1S/C14H19NO3/c1-2-11-5-3-4-8-15(11)14(18)10-6-7-12(16)13(17)9-10/h6-7,9,11,16-17H,2-5,8H2,1H3. The van der Waals surface area contributed by atoms with Crippen molar-refractivity contribution >= 4 is 5.91 Å². The smallest absolute Gasteiger partial charge is 0.254 e. The monoisotopic (exact) mass is 249 g/mol. The Morgan fingerprint density at radius 2 is 2.11 bits per heavy atom. The van der Waals surface area contributed by atoms with Crippen LogP contribution in [0.25, 0.3) is 0 Å². The van der Waals surface area contributed by atoms with Gasteiger partial charge in [-0.1, -0.05) is 6.92 Å². The van der Waals surface area contributed by atoms with Crippen LogP contribution in [0.5, 0.6) is 11.5 Å². The van der Waals surface area contributed by atoms with Gasteiger partial charge in [0.15, 0.2) is 11.5 Å². The lowest BCUT2D eigenvalue weighted by Gasteiger charge is -2.35. The van der Waals surface area contributed by atoms with Crippen LogP contribution in [0, 0.1) is 0 Å². The maximum atomic E-state index is 12.4. The highest BCUT2D eigenvalue weighted by molar-refractivity contribution is 5.95. The summed E-state index contributed by atoms with van der Waals surface area (Å²) in [5.74, 6) is -0.500. The quantitative estimate of drug-likeness (QED) is 0.792. The lowest BCUT2D eigenvalue weighted by atomic mass is 9.99. The Hall–Kier alpha value is -1.71. The molecule has 0 aliphatic carbocycles. The van der Waals surface area contributed by atoms with Gasteiger partial charge in [0.25, 0.3) is 5.91 Å². The Morgan fingerprint density at radius 3 is 2.78 bits per heavy atom. The Labute approximate surface area is 107 Å². The topological polar surface area (TPSA) is 60.8 Å². The first-order valence-electron chi connectivity index (χ1n) is 6.46. The molecule has 0 saturated carbocycles. The molecule has 98 valence electrons. The average molecular weight is 249 g/mol. The van der Waals surface area contributed by atoms with E-state index in [2.05, 4.69) is 6.92 Å². The van der Waals surface area contributed by atoms with E-state index in [1.54, 1.807) is 6.07 Å². The van der Waals surface area contributed by atoms with E-state index in [9.17, 15) is 15.0 Å². The molecule has 4 nitrogen and oxygen atoms in total. The fraction of sp³-hybridized carbons (Fsp3) is 0.500. The highest BCUT2D eigenvalue weighted by atomic mass is 16.3. The molecule has 0 radical (unpaired) electrons. The second kappa shape index (κ2) is 5.29. The van der Waals surface area contributed by atoms with Crippen molar-refractivity contribution in [1.82, 2.24) is 4.90 Å². The summed E-state index contributed by atoms with van der Waals surface area (Å²) < 4.78 is 0. The van der Waals surface area contributed by atoms with Crippen LogP contribution in [0.3, 0.4) is 0 Å². The van der Waals surface area contributed by atoms with E-state index in [1.807, 2.05) is 4.90 Å². The zero-order valence-electron chi connectivity index (χ0n) is 10.6. The fourth-order valence-electron chi connectivity index (χ4n) is 2.51. The molecule has 4 heteroatoms. The number of phenols is 2. The molecule has 0 spiro atoms. The first-order chi connectivity index (χ1) is 8.63. The molecule has 18 heavy (non-hydrogen) atoms. The Kier molecular flexibility index (Phi) is 3.75. The van der Waals surface area contributed by atoms with Crippen molar-refractivity contribution in [2.75, 3.05) is 6.54 Å². The van der Waals surface area contributed by atoms with Crippen molar-refractivity contribution in [3.05, 3.63) is 23.8 Å². The van der Waals surface area contributed by atoms with Gasteiger partial charge in [0.1, 0.15) is 0 Å². The molecule has 1 amide bonds. The highest BCUT2D eigenvalue weighted by Gasteiger charge is 2.26. The predicted octanol–water partition coefficient (Wildman–Crippen LogP) is 2.50. The van der Waals surface area contributed by atoms with Gasteiger partial charge in [0, 0.05) is 18.2 Å². The summed E-state index contributed by atoms with van der Waals surface area (Å²) in [7, 11) is 0. The summed E-state index contributed by atoms with van der Waals surface area (Å²) >= 11 is 0. The van der Waals surface area contributed by atoms with Crippen molar-refractivity contribution in [2.45, 2.75) is 38.6 Å². The van der Waals surface area contributed by atoms with Crippen LogP contribution in [0.4, 0.5) is 0 Å². The summed E-state index contributed by atoms with van der Waals surface area (Å²) in [5, 5.41) is 18.7. The molecule has 1 aromatic carbocycles. The Morgan fingerprint density at radius 1 is 1.33 bits per heavy atom. The number of amides is 1. The summed E-state index contributed by atoms with van der Waals surface area (Å²) in [4.78, 5) is 14.2. The molecule has 0 bridgehead atoms. The number of hydrogen-bond donors (Lipinski definition) is 2. The highest BCUT2D eigenvalue weighted by Crippen LogP contribution is 2.27. The van der Waals surface area contributed by atoms with Crippen LogP contribution in [-0.4, -0.2) is 33.6 Å². The number of likely N-dealkylation sites (tertiary alicyclic amines) is 1. The molecule has 2 rings (SSSR count). The maximum Gasteiger partial charge on any atom is 0.254 e. The third-order valence-corrected chi connectivity index (χ3v) is 3.58. The minimum Gasteiger partial charge on any atom is -0.504 e. The summed E-state index contributed by atoms with van der Waals surface area (Å²) in [6, 6.07) is 4.53. The first-order valence-corrected chi connectivity index (χ1v) is 6.46. The van der Waals surface area contributed by atoms with Gasteiger partial charge in [0.05, 0.1) is 0 Å². The molecule has 1 heterocycles. The fourth-order valence-corrected chi connectivity index (χ4v) is 2.51. The van der Waals surface area contributed by atoms with Crippen molar-refractivity contribution in [3.63, 3.8) is 0 Å². The second-order valence-corrected chi connectivity index (χ2v) is 4.76. The number of rotatable bonds is 2. The largest absolute Gasteiger partial charge is 0.504 e. The molecule has 1 fully saturated rings. The van der Waals surface area contributed by atoms with Crippen molar-refractivity contribution in [1.29, 1.82) is 0 Å². The van der Waals surface area contributed by atoms with E-state index in [0.29, 0.717) is 11.6 Å². The Bertz CT molecular complexity index is 445. The second-order valence-electron chi connectivity index (χ2n) is 4.76. The minimum atomic E-state index is -0.245. The zero-order valence-corrected chi connectivity index (χ0v) is 10.6. The van der Waals surface area contributed by atoms with Gasteiger partial charge in [-0.25, -0.2) is 0 Å². The number of carbonyl (C=O) groups is 1. The van der Waals surface area contributed by atoms with Crippen LogP contribution in [0.15, 0.2) is 18.2 Å². The molecule has 2 N–H and O–H groups in total. The summed E-state index contributed by atoms with van der Waals surface area (Å²) in [6.45, 7) is 2.86. The van der Waals surface area contributed by atoms with Crippen LogP contribution >= 0.6 is 0 Å². The lowest BCUT2D eigenvalue weighted by molar-refractivity contribution is 0.0607. The molecular formula is C14H19NO3. The average Bonchev–Trinajstić information content (AvgIpc) is 2.41. The van der Waals surface area contributed by atoms with Gasteiger partial charge in [-0.05, 0) is 43.9 Å². The van der Waals surface area contributed by atoms with Gasteiger partial charge in [0.2, 0.25) is 0 Å². The lowest BCUT2D eigenvalue weighted by Crippen LogP contribution is -2.43. The molecule has 1 atom stereocenters. The van der Waals surface area contributed by atoms with E-state index in [0.717, 1.165) is 25.8 Å². The molecular weight excluding hydrogens is 230 g/mol. The molecule has 1 aliphatic heterocycles. The van der Waals surface area contributed by atoms with Crippen LogP contribution in [0.2, 0.25) is 0 Å². The number of phenolic OH excluding ortho intramolecular Hbond substituents is 2. The number of aromatic hydroxyl groups is 2. The van der Waals surface area contributed by atoms with E-state index >= 15 is 0 Å². The summed E-state index contributed by atoms with van der Waals surface area (Å²) in [5.41, 5.74) is 0.436. The molecule has 0 aromatic heterocycles. The zero-order chi connectivity index (χ0) is 13.1. The van der Waals surface area contributed by atoms with Crippen molar-refractivity contribution < 1.29 is 15.0 Å². The third-order valence-electron chi connectivity index (χ3n) is 3.58. The third kappa shape index (κ3) is 2.42. The first kappa shape index (κ1) is 12.7. The SMILES string of the molecule is CCC1CCCCN1C(=O)c1ccc(O)c(O)c1. The molecule has 1 aliphatic rings. The van der Waals surface area contributed by atoms with Crippen molar-refractivity contribution in [2.24, 2.45) is 0 Å². The summed E-state index contributed by atoms with van der Waals surface area (Å²) in [6.07, 6.45) is 4.21. The minimum absolute atomic E-state index is 0.0585. The van der Waals surface area contributed by atoms with Gasteiger partial charge in [-0.2, -0.15) is 0 Å². The molecule has 1 saturated heterocycles. The van der Waals surface area contributed by atoms with E-state index in [-0.39, 0.29) is 17.4 Å². The number of carbonyl (C=O) groups excluding carboxylic acids is 1. The predicted molar refractivity (Wildman–Crippen MR) is 68.7 cm³/mol. The maximum absolute atomic E-state index is 12.4. The van der Waals surface area contributed by atoms with E-state index in [4.69, 9.17) is 0 Å². The number of nitrogens with zero attached hydrogens (tertiary/aromatic N) is 1. The van der Waals surface area contributed by atoms with Crippen LogP contribution in [0.1, 0.15) is 43.0 Å². The number of piperidine rings is 1. The van der Waals surface area contributed by atoms with Crippen molar-refractivity contribution in [3.8, 4) is 11.5 Å². The van der Waals surface area contributed by atoms with Gasteiger partial charge < -0.3 is 15.1 Å². The van der Waals surface area contributed by atoms with Crippen LogP contribution < -0.4 is 0 Å². The van der Waals surface area contributed by atoms with Crippen LogP contribution in [-0.2, 0) is 0 Å². The molecule has 1 aromatic rings. The molecule has 1 unspecified atom stereocenters. The van der Waals surface area contributed by atoms with Gasteiger partial charge in [-0.3, -0.25) is 4.79 Å². The van der Waals surface area contributed by atoms with E-state index < -0.39 is 0 Å².